The second-order valence-electron chi connectivity index (χ2n) is 7.69. The van der Waals surface area contributed by atoms with Gasteiger partial charge in [0.15, 0.2) is 11.6 Å². The minimum absolute atomic E-state index is 0.0227. The highest BCUT2D eigenvalue weighted by Gasteiger charge is 2.33. The number of aryl methyl sites for hydroxylation is 1. The molecule has 2 aromatic heterocycles. The molecule has 0 bridgehead atoms. The molecule has 160 valence electrons. The second kappa shape index (κ2) is 8.32. The number of nitrogens with one attached hydrogen (secondary N) is 1. The first-order chi connectivity index (χ1) is 15.1. The van der Waals surface area contributed by atoms with Crippen molar-refractivity contribution in [2.24, 2.45) is 0 Å². The molecule has 31 heavy (non-hydrogen) atoms. The summed E-state index contributed by atoms with van der Waals surface area (Å²) in [6.45, 7) is 4.97. The van der Waals surface area contributed by atoms with Crippen molar-refractivity contribution in [1.82, 2.24) is 20.0 Å². The summed E-state index contributed by atoms with van der Waals surface area (Å²) >= 11 is 1.70. The van der Waals surface area contributed by atoms with Gasteiger partial charge in [-0.05, 0) is 43.0 Å². The Balaban J connectivity index is 1.50. The Bertz CT molecular complexity index is 1090. The monoisotopic (exact) mass is 436 g/mol. The van der Waals surface area contributed by atoms with Crippen LogP contribution in [0.3, 0.4) is 0 Å². The summed E-state index contributed by atoms with van der Waals surface area (Å²) in [5.74, 6) is 2.03. The van der Waals surface area contributed by atoms with Crippen molar-refractivity contribution < 1.29 is 9.53 Å². The number of aromatic nitrogens is 4. The van der Waals surface area contributed by atoms with E-state index in [2.05, 4.69) is 50.9 Å². The topological polar surface area (TPSA) is 85.2 Å². The lowest BCUT2D eigenvalue weighted by Crippen LogP contribution is -2.36. The number of hydrogen-bond acceptors (Lipinski definition) is 7. The van der Waals surface area contributed by atoms with E-state index in [4.69, 9.17) is 9.84 Å². The Labute approximate surface area is 185 Å². The third-order valence-electron chi connectivity index (χ3n) is 5.81. The summed E-state index contributed by atoms with van der Waals surface area (Å²) in [5.41, 5.74) is 3.04. The highest BCUT2D eigenvalue weighted by Crippen LogP contribution is 2.40. The molecule has 9 heteroatoms. The average molecular weight is 437 g/mol. The van der Waals surface area contributed by atoms with Crippen LogP contribution < -0.4 is 10.2 Å². The van der Waals surface area contributed by atoms with Gasteiger partial charge in [0.05, 0.1) is 18.9 Å². The van der Waals surface area contributed by atoms with Crippen LogP contribution in [-0.2, 0) is 9.53 Å². The number of benzene rings is 1. The molecular formula is C22H24N6O2S. The molecule has 0 saturated carbocycles. The molecule has 1 amide bonds. The molecule has 2 aliphatic heterocycles. The van der Waals surface area contributed by atoms with Gasteiger partial charge in [0.2, 0.25) is 5.91 Å². The van der Waals surface area contributed by atoms with E-state index >= 15 is 0 Å². The molecule has 0 aliphatic carbocycles. The molecule has 0 radical (unpaired) electrons. The fraction of sp³-hybridized carbons (Fsp3) is 0.364. The van der Waals surface area contributed by atoms with E-state index in [9.17, 15) is 4.79 Å². The van der Waals surface area contributed by atoms with Crippen molar-refractivity contribution >= 4 is 29.3 Å². The van der Waals surface area contributed by atoms with Crippen LogP contribution in [0, 0.1) is 6.92 Å². The smallest absolute Gasteiger partial charge is 0.226 e. The van der Waals surface area contributed by atoms with Crippen LogP contribution in [0.4, 0.5) is 11.6 Å². The summed E-state index contributed by atoms with van der Waals surface area (Å²) < 4.78 is 7.10. The van der Waals surface area contributed by atoms with Crippen LogP contribution >= 0.6 is 11.8 Å². The second-order valence-corrected chi connectivity index (χ2v) is 8.57. The van der Waals surface area contributed by atoms with Crippen LogP contribution in [0.25, 0.3) is 5.82 Å². The molecule has 1 atom stereocenters. The predicted octanol–water partition coefficient (Wildman–Crippen LogP) is 3.00. The number of morpholine rings is 1. The maximum absolute atomic E-state index is 12.6. The molecule has 0 spiro atoms. The van der Waals surface area contributed by atoms with Crippen LogP contribution in [-0.4, -0.2) is 58.4 Å². The quantitative estimate of drug-likeness (QED) is 0.629. The van der Waals surface area contributed by atoms with E-state index < -0.39 is 0 Å². The highest BCUT2D eigenvalue weighted by atomic mass is 32.2. The zero-order valence-corrected chi connectivity index (χ0v) is 18.4. The lowest BCUT2D eigenvalue weighted by Gasteiger charge is -2.27. The molecule has 1 fully saturated rings. The van der Waals surface area contributed by atoms with Crippen LogP contribution in [0.5, 0.6) is 0 Å². The Morgan fingerprint density at radius 2 is 1.77 bits per heavy atom. The van der Waals surface area contributed by atoms with E-state index in [1.54, 1.807) is 16.4 Å². The van der Waals surface area contributed by atoms with Gasteiger partial charge in [-0.2, -0.15) is 9.78 Å². The van der Waals surface area contributed by atoms with Gasteiger partial charge in [-0.1, -0.05) is 12.1 Å². The molecule has 3 aromatic rings. The Morgan fingerprint density at radius 1 is 1.06 bits per heavy atom. The third kappa shape index (κ3) is 3.79. The number of fused-ring (bicyclic) bond motifs is 1. The standard InChI is InChI=1S/C22H24N6O2S/c1-14-21-17(15-3-5-16(31-2)6-4-15)13-20(29)23-22(21)28(26-14)19-8-7-18(24-25-19)27-9-11-30-12-10-27/h3-8,17H,9-13H2,1-2H3,(H,23,29)/t17-/m0/s1. The van der Waals surface area contributed by atoms with Gasteiger partial charge in [0.25, 0.3) is 0 Å². The number of thioether (sulfide) groups is 1. The maximum Gasteiger partial charge on any atom is 0.226 e. The van der Waals surface area contributed by atoms with Crippen LogP contribution in [0.1, 0.15) is 29.2 Å². The normalized spacial score (nSPS) is 18.6. The van der Waals surface area contributed by atoms with Gasteiger partial charge in [-0.25, -0.2) is 0 Å². The van der Waals surface area contributed by atoms with Crippen LogP contribution in [0.15, 0.2) is 41.3 Å². The summed E-state index contributed by atoms with van der Waals surface area (Å²) in [5, 5.41) is 16.5. The first-order valence-corrected chi connectivity index (χ1v) is 11.6. The average Bonchev–Trinajstić information content (AvgIpc) is 3.15. The van der Waals surface area contributed by atoms with Gasteiger partial charge in [-0.3, -0.25) is 4.79 Å². The zero-order valence-electron chi connectivity index (χ0n) is 17.5. The fourth-order valence-corrected chi connectivity index (χ4v) is 4.63. The van der Waals surface area contributed by atoms with Crippen molar-refractivity contribution in [3.63, 3.8) is 0 Å². The molecule has 2 aliphatic rings. The summed E-state index contributed by atoms with van der Waals surface area (Å²) in [6, 6.07) is 12.2. The lowest BCUT2D eigenvalue weighted by molar-refractivity contribution is -0.116. The van der Waals surface area contributed by atoms with E-state index in [1.807, 2.05) is 19.1 Å². The Hall–Kier alpha value is -2.91. The molecule has 8 nitrogen and oxygen atoms in total. The summed E-state index contributed by atoms with van der Waals surface area (Å²) in [4.78, 5) is 15.9. The SMILES string of the molecule is CSc1ccc([C@@H]2CC(=O)Nc3c2c(C)nn3-c2ccc(N3CCOCC3)nn2)cc1. The molecule has 5 rings (SSSR count). The third-order valence-corrected chi connectivity index (χ3v) is 6.55. The van der Waals surface area contributed by atoms with E-state index in [0.29, 0.717) is 31.3 Å². The molecular weight excluding hydrogens is 412 g/mol. The Morgan fingerprint density at radius 3 is 2.45 bits per heavy atom. The van der Waals surface area contributed by atoms with Gasteiger partial charge < -0.3 is 15.0 Å². The van der Waals surface area contributed by atoms with Gasteiger partial charge >= 0.3 is 0 Å². The first kappa shape index (κ1) is 20.0. The molecule has 1 aromatic carbocycles. The van der Waals surface area contributed by atoms with Crippen molar-refractivity contribution in [3.8, 4) is 5.82 Å². The highest BCUT2D eigenvalue weighted by molar-refractivity contribution is 7.98. The largest absolute Gasteiger partial charge is 0.378 e. The van der Waals surface area contributed by atoms with Crippen molar-refractivity contribution in [3.05, 3.63) is 53.2 Å². The number of carbonyl (C=O) groups excluding carboxylic acids is 1. The number of nitrogens with zero attached hydrogens (tertiary/aromatic N) is 5. The first-order valence-electron chi connectivity index (χ1n) is 10.3. The molecule has 4 heterocycles. The minimum Gasteiger partial charge on any atom is -0.378 e. The summed E-state index contributed by atoms with van der Waals surface area (Å²) in [6.07, 6.45) is 2.46. The molecule has 1 N–H and O–H groups in total. The fourth-order valence-electron chi connectivity index (χ4n) is 4.23. The number of ether oxygens (including phenoxy) is 1. The van der Waals surface area contributed by atoms with Gasteiger partial charge in [0, 0.05) is 35.9 Å². The predicted molar refractivity (Wildman–Crippen MR) is 120 cm³/mol. The van der Waals surface area contributed by atoms with Gasteiger partial charge in [-0.15, -0.1) is 22.0 Å². The Kier molecular flexibility index (Phi) is 5.37. The minimum atomic E-state index is -0.0333. The summed E-state index contributed by atoms with van der Waals surface area (Å²) in [7, 11) is 0. The van der Waals surface area contributed by atoms with E-state index in [0.717, 1.165) is 35.7 Å². The number of anilines is 2. The number of carbonyl (C=O) groups is 1. The molecule has 0 unspecified atom stereocenters. The maximum atomic E-state index is 12.6. The molecule has 1 saturated heterocycles. The van der Waals surface area contributed by atoms with Crippen molar-refractivity contribution in [2.45, 2.75) is 24.2 Å². The van der Waals surface area contributed by atoms with E-state index in [1.165, 1.54) is 4.90 Å². The van der Waals surface area contributed by atoms with Crippen molar-refractivity contribution in [2.75, 3.05) is 42.8 Å². The zero-order chi connectivity index (χ0) is 21.4. The number of amides is 1. The van der Waals surface area contributed by atoms with Crippen molar-refractivity contribution in [1.29, 1.82) is 0 Å². The number of hydrogen-bond donors (Lipinski definition) is 1. The number of rotatable bonds is 4. The lowest BCUT2D eigenvalue weighted by atomic mass is 9.86. The van der Waals surface area contributed by atoms with E-state index in [-0.39, 0.29) is 11.8 Å². The van der Waals surface area contributed by atoms with Gasteiger partial charge in [0.1, 0.15) is 5.82 Å². The van der Waals surface area contributed by atoms with Crippen LogP contribution in [0.2, 0.25) is 0 Å².